The number of hydrogen-bond donors (Lipinski definition) is 0. The van der Waals surface area contributed by atoms with Gasteiger partial charge in [0, 0.05) is 6.42 Å². The maximum atomic E-state index is 2.39. The monoisotopic (exact) mass is 331 g/mol. The zero-order valence-electron chi connectivity index (χ0n) is 16.8. The molecule has 1 aliphatic rings. The van der Waals surface area contributed by atoms with Crippen molar-refractivity contribution in [2.75, 3.05) is 0 Å². The fraction of sp³-hybridized carbons (Fsp3) is 0.400. The van der Waals surface area contributed by atoms with E-state index in [-0.39, 0.29) is 10.8 Å². The Kier molecular flexibility index (Phi) is 4.43. The molecule has 0 saturated heterocycles. The highest BCUT2D eigenvalue weighted by molar-refractivity contribution is 5.83. The van der Waals surface area contributed by atoms with Crippen molar-refractivity contribution in [1.29, 1.82) is 0 Å². The summed E-state index contributed by atoms with van der Waals surface area (Å²) in [6.07, 6.45) is 5.78. The summed E-state index contributed by atoms with van der Waals surface area (Å²) < 4.78 is 0. The van der Waals surface area contributed by atoms with E-state index in [4.69, 9.17) is 0 Å². The lowest BCUT2D eigenvalue weighted by molar-refractivity contribution is 0.569. The molecule has 3 rings (SSSR count). The molecule has 1 aliphatic carbocycles. The number of hydrogen-bond acceptors (Lipinski definition) is 0. The standard InChI is InChI=1S/C25H31/c1-8-17-12-18-10-9-11-22(23(18)13-17)19-14-20(24(2,3)4)16-21(15-19)25(5,6)7/h9-16H,8H2,1-7H3. The zero-order valence-corrected chi connectivity index (χ0v) is 16.8. The number of allylic oxidation sites excluding steroid dienone is 1. The minimum atomic E-state index is 0.143. The molecule has 0 saturated carbocycles. The third-order valence-corrected chi connectivity index (χ3v) is 5.19. The van der Waals surface area contributed by atoms with Crippen LogP contribution in [-0.2, 0) is 10.8 Å². The molecule has 0 amide bonds. The summed E-state index contributed by atoms with van der Waals surface area (Å²) >= 11 is 0. The topological polar surface area (TPSA) is 0 Å². The first-order valence-corrected chi connectivity index (χ1v) is 9.44. The van der Waals surface area contributed by atoms with Crippen LogP contribution < -0.4 is 0 Å². The van der Waals surface area contributed by atoms with E-state index < -0.39 is 0 Å². The predicted molar refractivity (Wildman–Crippen MR) is 111 cm³/mol. The maximum absolute atomic E-state index is 2.39. The molecule has 0 aliphatic heterocycles. The summed E-state index contributed by atoms with van der Waals surface area (Å²) in [4.78, 5) is 0. The smallest absolute Gasteiger partial charge is 0.0164 e. The van der Waals surface area contributed by atoms with Crippen LogP contribution in [0.5, 0.6) is 0 Å². The van der Waals surface area contributed by atoms with Crippen LogP contribution in [-0.4, -0.2) is 0 Å². The molecule has 0 unspecified atom stereocenters. The van der Waals surface area contributed by atoms with Gasteiger partial charge in [-0.1, -0.05) is 96.5 Å². The van der Waals surface area contributed by atoms with Gasteiger partial charge in [-0.2, -0.15) is 0 Å². The van der Waals surface area contributed by atoms with Crippen molar-refractivity contribution in [2.24, 2.45) is 0 Å². The second-order valence-electron chi connectivity index (χ2n) is 9.32. The summed E-state index contributed by atoms with van der Waals surface area (Å²) in [7, 11) is 0. The first-order valence-electron chi connectivity index (χ1n) is 9.44. The molecule has 0 aromatic heterocycles. The van der Waals surface area contributed by atoms with Gasteiger partial charge in [0.05, 0.1) is 0 Å². The molecular weight excluding hydrogens is 300 g/mol. The minimum Gasteiger partial charge on any atom is -0.0616 e. The van der Waals surface area contributed by atoms with Gasteiger partial charge in [0.15, 0.2) is 0 Å². The van der Waals surface area contributed by atoms with Crippen molar-refractivity contribution in [3.8, 4) is 11.1 Å². The summed E-state index contributed by atoms with van der Waals surface area (Å²) in [5.41, 5.74) is 9.96. The molecule has 1 radical (unpaired) electrons. The van der Waals surface area contributed by atoms with Crippen LogP contribution in [0.15, 0.2) is 42.0 Å². The molecule has 0 bridgehead atoms. The van der Waals surface area contributed by atoms with E-state index in [1.807, 2.05) is 0 Å². The van der Waals surface area contributed by atoms with Crippen molar-refractivity contribution >= 4 is 6.08 Å². The van der Waals surface area contributed by atoms with Gasteiger partial charge in [0.25, 0.3) is 0 Å². The summed E-state index contributed by atoms with van der Waals surface area (Å²) in [5.74, 6) is 0. The second-order valence-corrected chi connectivity index (χ2v) is 9.32. The lowest BCUT2D eigenvalue weighted by Gasteiger charge is -2.26. The van der Waals surface area contributed by atoms with Crippen molar-refractivity contribution < 1.29 is 0 Å². The van der Waals surface area contributed by atoms with Gasteiger partial charge >= 0.3 is 0 Å². The molecule has 0 heterocycles. The second kappa shape index (κ2) is 6.16. The Hall–Kier alpha value is -1.82. The minimum absolute atomic E-state index is 0.143. The number of fused-ring (bicyclic) bond motifs is 1. The summed E-state index contributed by atoms with van der Waals surface area (Å²) in [6.45, 7) is 16.0. The maximum Gasteiger partial charge on any atom is 0.0164 e. The molecule has 2 aromatic carbocycles. The Morgan fingerprint density at radius 1 is 0.800 bits per heavy atom. The quantitative estimate of drug-likeness (QED) is 0.541. The Morgan fingerprint density at radius 3 is 1.92 bits per heavy atom. The van der Waals surface area contributed by atoms with E-state index in [0.29, 0.717) is 0 Å². The normalized spacial score (nSPS) is 14.4. The van der Waals surface area contributed by atoms with E-state index in [1.54, 1.807) is 0 Å². The number of benzene rings is 2. The van der Waals surface area contributed by atoms with Gasteiger partial charge < -0.3 is 0 Å². The molecule has 0 heteroatoms. The highest BCUT2D eigenvalue weighted by Crippen LogP contribution is 2.39. The average molecular weight is 332 g/mol. The Bertz CT molecular complexity index is 788. The molecule has 0 fully saturated rings. The van der Waals surface area contributed by atoms with Crippen LogP contribution in [0.4, 0.5) is 0 Å². The third kappa shape index (κ3) is 3.59. The number of rotatable bonds is 2. The van der Waals surface area contributed by atoms with E-state index in [0.717, 1.165) is 6.42 Å². The van der Waals surface area contributed by atoms with Gasteiger partial charge in [-0.05, 0) is 50.6 Å². The average Bonchev–Trinajstić information content (AvgIpc) is 2.96. The fourth-order valence-electron chi connectivity index (χ4n) is 3.40. The van der Waals surface area contributed by atoms with Crippen LogP contribution in [0.25, 0.3) is 17.2 Å². The molecule has 0 nitrogen and oxygen atoms in total. The Labute approximate surface area is 154 Å². The highest BCUT2D eigenvalue weighted by atomic mass is 14.3. The molecule has 0 atom stereocenters. The van der Waals surface area contributed by atoms with Crippen LogP contribution in [0.1, 0.15) is 77.1 Å². The van der Waals surface area contributed by atoms with Gasteiger partial charge in [-0.3, -0.25) is 0 Å². The van der Waals surface area contributed by atoms with Crippen LogP contribution in [0.2, 0.25) is 0 Å². The van der Waals surface area contributed by atoms with E-state index in [9.17, 15) is 0 Å². The lowest BCUT2D eigenvalue weighted by Crippen LogP contribution is -2.16. The van der Waals surface area contributed by atoms with E-state index in [2.05, 4.69) is 97.4 Å². The van der Waals surface area contributed by atoms with Gasteiger partial charge in [-0.15, -0.1) is 0 Å². The van der Waals surface area contributed by atoms with Gasteiger partial charge in [0.1, 0.15) is 0 Å². The fourth-order valence-corrected chi connectivity index (χ4v) is 3.40. The zero-order chi connectivity index (χ0) is 18.4. The molecule has 2 aromatic rings. The lowest BCUT2D eigenvalue weighted by atomic mass is 9.78. The van der Waals surface area contributed by atoms with Crippen molar-refractivity contribution in [3.63, 3.8) is 0 Å². The summed E-state index contributed by atoms with van der Waals surface area (Å²) in [5, 5.41) is 0. The molecule has 25 heavy (non-hydrogen) atoms. The molecule has 0 spiro atoms. The van der Waals surface area contributed by atoms with E-state index >= 15 is 0 Å². The van der Waals surface area contributed by atoms with Crippen LogP contribution in [0.3, 0.4) is 0 Å². The van der Waals surface area contributed by atoms with E-state index in [1.165, 1.54) is 39.0 Å². The van der Waals surface area contributed by atoms with Crippen molar-refractivity contribution in [3.05, 3.63) is 70.6 Å². The highest BCUT2D eigenvalue weighted by Gasteiger charge is 2.22. The van der Waals surface area contributed by atoms with Gasteiger partial charge in [-0.25, -0.2) is 0 Å². The molecule has 131 valence electrons. The largest absolute Gasteiger partial charge is 0.0616 e. The molecular formula is C25H31. The Balaban J connectivity index is 2.22. The first kappa shape index (κ1) is 18.0. The first-order chi connectivity index (χ1) is 11.6. The van der Waals surface area contributed by atoms with Gasteiger partial charge in [0.2, 0.25) is 0 Å². The summed E-state index contributed by atoms with van der Waals surface area (Å²) in [6, 6.07) is 13.9. The van der Waals surface area contributed by atoms with Crippen LogP contribution >= 0.6 is 0 Å². The predicted octanol–water partition coefficient (Wildman–Crippen LogP) is 7.31. The van der Waals surface area contributed by atoms with Crippen molar-refractivity contribution in [2.45, 2.75) is 65.7 Å². The SMILES string of the molecule is CCC1=Cc2c(cccc2-c2cc(C(C)(C)C)cc(C(C)(C)C)c2)[CH]1. The molecule has 0 N–H and O–H groups in total. The Morgan fingerprint density at radius 2 is 1.40 bits per heavy atom. The van der Waals surface area contributed by atoms with Crippen LogP contribution in [0, 0.1) is 6.42 Å². The third-order valence-electron chi connectivity index (χ3n) is 5.19. The van der Waals surface area contributed by atoms with Crippen molar-refractivity contribution in [1.82, 2.24) is 0 Å².